The molecule has 0 atom stereocenters. The normalized spacial score (nSPS) is 15.3. The second-order valence-electron chi connectivity index (χ2n) is 6.20. The van der Waals surface area contributed by atoms with Crippen LogP contribution < -0.4 is 5.56 Å². The fourth-order valence-electron chi connectivity index (χ4n) is 3.01. The van der Waals surface area contributed by atoms with E-state index in [-0.39, 0.29) is 23.1 Å². The van der Waals surface area contributed by atoms with Crippen LogP contribution in [0.2, 0.25) is 0 Å². The number of amides is 1. The number of rotatable bonds is 3. The van der Waals surface area contributed by atoms with E-state index in [0.29, 0.717) is 24.9 Å². The third-order valence-corrected chi connectivity index (χ3v) is 4.52. The maximum absolute atomic E-state index is 12.6. The number of aryl methyl sites for hydroxylation is 1. The molecule has 9 nitrogen and oxygen atoms in total. The zero-order chi connectivity index (χ0) is 18.1. The first kappa shape index (κ1) is 16.2. The maximum atomic E-state index is 12.6. The van der Waals surface area contributed by atoms with Crippen molar-refractivity contribution in [1.29, 1.82) is 0 Å². The van der Waals surface area contributed by atoms with Gasteiger partial charge < -0.3 is 13.7 Å². The molecule has 0 spiro atoms. The molecular formula is C17H17N5O4. The van der Waals surface area contributed by atoms with Crippen LogP contribution in [0.15, 0.2) is 44.4 Å². The molecular weight excluding hydrogens is 338 g/mol. The van der Waals surface area contributed by atoms with Gasteiger partial charge in [-0.3, -0.25) is 9.59 Å². The molecule has 4 heterocycles. The first-order chi connectivity index (χ1) is 12.6. The number of hydrogen-bond donors (Lipinski definition) is 0. The molecule has 134 valence electrons. The molecule has 1 saturated heterocycles. The average molecular weight is 355 g/mol. The third kappa shape index (κ3) is 3.03. The van der Waals surface area contributed by atoms with E-state index in [9.17, 15) is 9.59 Å². The highest BCUT2D eigenvalue weighted by molar-refractivity contribution is 5.92. The summed E-state index contributed by atoms with van der Waals surface area (Å²) in [4.78, 5) is 25.7. The van der Waals surface area contributed by atoms with Crippen molar-refractivity contribution in [1.82, 2.24) is 24.9 Å². The minimum Gasteiger partial charge on any atom is -0.472 e. The smallest absolute Gasteiger partial charge is 0.274 e. The Hall–Kier alpha value is -3.23. The molecule has 9 heteroatoms. The number of piperidine rings is 1. The Morgan fingerprint density at radius 1 is 1.19 bits per heavy atom. The lowest BCUT2D eigenvalue weighted by molar-refractivity contribution is 0.0698. The molecule has 0 aliphatic carbocycles. The predicted molar refractivity (Wildman–Crippen MR) is 89.4 cm³/mol. The molecule has 1 aliphatic heterocycles. The second-order valence-corrected chi connectivity index (χ2v) is 6.20. The van der Waals surface area contributed by atoms with Crippen LogP contribution in [0.3, 0.4) is 0 Å². The monoisotopic (exact) mass is 355 g/mol. The topological polar surface area (TPSA) is 107 Å². The van der Waals surface area contributed by atoms with Gasteiger partial charge in [-0.05, 0) is 25.0 Å². The van der Waals surface area contributed by atoms with Gasteiger partial charge in [0.2, 0.25) is 5.89 Å². The average Bonchev–Trinajstić information content (AvgIpc) is 3.35. The minimum absolute atomic E-state index is 0.111. The van der Waals surface area contributed by atoms with Crippen LogP contribution in [0.25, 0.3) is 11.5 Å². The van der Waals surface area contributed by atoms with Crippen LogP contribution in [0.1, 0.15) is 35.1 Å². The Bertz CT molecular complexity index is 967. The number of likely N-dealkylation sites (tertiary alicyclic amines) is 1. The van der Waals surface area contributed by atoms with Crippen LogP contribution >= 0.6 is 0 Å². The molecule has 1 fully saturated rings. The Kier molecular flexibility index (Phi) is 4.11. The summed E-state index contributed by atoms with van der Waals surface area (Å²) >= 11 is 0. The van der Waals surface area contributed by atoms with Gasteiger partial charge in [0.05, 0.1) is 11.8 Å². The highest BCUT2D eigenvalue weighted by atomic mass is 16.4. The van der Waals surface area contributed by atoms with Crippen molar-refractivity contribution in [3.05, 3.63) is 52.7 Å². The van der Waals surface area contributed by atoms with Gasteiger partial charge in [-0.15, -0.1) is 10.2 Å². The molecule has 0 aromatic carbocycles. The van der Waals surface area contributed by atoms with E-state index in [4.69, 9.17) is 8.83 Å². The molecule has 0 bridgehead atoms. The van der Waals surface area contributed by atoms with Crippen molar-refractivity contribution >= 4 is 5.91 Å². The molecule has 3 aromatic heterocycles. The fourth-order valence-corrected chi connectivity index (χ4v) is 3.01. The lowest BCUT2D eigenvalue weighted by Crippen LogP contribution is -2.39. The zero-order valence-corrected chi connectivity index (χ0v) is 14.2. The molecule has 26 heavy (non-hydrogen) atoms. The summed E-state index contributed by atoms with van der Waals surface area (Å²) in [6.07, 6.45) is 4.56. The largest absolute Gasteiger partial charge is 0.472 e. The summed E-state index contributed by atoms with van der Waals surface area (Å²) in [5.74, 6) is 0.944. The number of nitrogens with zero attached hydrogens (tertiary/aromatic N) is 5. The molecule has 0 N–H and O–H groups in total. The Balaban J connectivity index is 1.41. The Morgan fingerprint density at radius 2 is 2.00 bits per heavy atom. The molecule has 0 saturated carbocycles. The molecule has 1 amide bonds. The lowest BCUT2D eigenvalue weighted by atomic mass is 9.96. The van der Waals surface area contributed by atoms with E-state index >= 15 is 0 Å². The second kappa shape index (κ2) is 6.58. The van der Waals surface area contributed by atoms with Crippen molar-refractivity contribution in [2.24, 2.45) is 7.05 Å². The quantitative estimate of drug-likeness (QED) is 0.699. The van der Waals surface area contributed by atoms with E-state index in [1.54, 1.807) is 23.5 Å². The summed E-state index contributed by atoms with van der Waals surface area (Å²) in [5.41, 5.74) is 0.771. The molecule has 3 aromatic rings. The molecule has 1 aliphatic rings. The van der Waals surface area contributed by atoms with Gasteiger partial charge >= 0.3 is 0 Å². The van der Waals surface area contributed by atoms with E-state index in [0.717, 1.165) is 23.1 Å². The van der Waals surface area contributed by atoms with Crippen LogP contribution in [0.4, 0.5) is 0 Å². The maximum Gasteiger partial charge on any atom is 0.274 e. The minimum atomic E-state index is -0.245. The van der Waals surface area contributed by atoms with E-state index < -0.39 is 0 Å². The first-order valence-corrected chi connectivity index (χ1v) is 8.31. The predicted octanol–water partition coefficient (Wildman–Crippen LogP) is 1.44. The summed E-state index contributed by atoms with van der Waals surface area (Å²) in [5, 5.41) is 12.2. The summed E-state index contributed by atoms with van der Waals surface area (Å²) < 4.78 is 11.9. The summed E-state index contributed by atoms with van der Waals surface area (Å²) in [6, 6.07) is 4.58. The third-order valence-electron chi connectivity index (χ3n) is 4.52. The van der Waals surface area contributed by atoms with Crippen molar-refractivity contribution in [3.63, 3.8) is 0 Å². The van der Waals surface area contributed by atoms with Gasteiger partial charge in [0.25, 0.3) is 17.4 Å². The van der Waals surface area contributed by atoms with Crippen molar-refractivity contribution in [2.45, 2.75) is 18.8 Å². The van der Waals surface area contributed by atoms with Crippen molar-refractivity contribution in [3.8, 4) is 11.5 Å². The number of carbonyl (C=O) groups excluding carboxylic acids is 1. The van der Waals surface area contributed by atoms with Crippen LogP contribution in [0.5, 0.6) is 0 Å². The van der Waals surface area contributed by atoms with Gasteiger partial charge in [0.15, 0.2) is 0 Å². The first-order valence-electron chi connectivity index (χ1n) is 8.31. The Morgan fingerprint density at radius 3 is 2.69 bits per heavy atom. The Labute approximate surface area is 148 Å². The van der Waals surface area contributed by atoms with Gasteiger partial charge in [-0.25, -0.2) is 4.68 Å². The van der Waals surface area contributed by atoms with E-state index in [2.05, 4.69) is 15.3 Å². The van der Waals surface area contributed by atoms with Gasteiger partial charge in [-0.2, -0.15) is 5.10 Å². The zero-order valence-electron chi connectivity index (χ0n) is 14.2. The fraction of sp³-hybridized carbons (Fsp3) is 0.353. The highest BCUT2D eigenvalue weighted by Crippen LogP contribution is 2.29. The van der Waals surface area contributed by atoms with E-state index in [1.807, 2.05) is 0 Å². The van der Waals surface area contributed by atoms with Crippen LogP contribution in [-0.4, -0.2) is 43.9 Å². The van der Waals surface area contributed by atoms with Crippen LogP contribution in [-0.2, 0) is 7.05 Å². The number of carbonyl (C=O) groups is 1. The number of hydrogen-bond acceptors (Lipinski definition) is 7. The molecule has 0 radical (unpaired) electrons. The highest BCUT2D eigenvalue weighted by Gasteiger charge is 2.28. The molecule has 4 rings (SSSR count). The lowest BCUT2D eigenvalue weighted by Gasteiger charge is -2.30. The summed E-state index contributed by atoms with van der Waals surface area (Å²) in [7, 11) is 1.53. The molecule has 0 unspecified atom stereocenters. The van der Waals surface area contributed by atoms with Gasteiger partial charge in [0, 0.05) is 32.1 Å². The van der Waals surface area contributed by atoms with Gasteiger partial charge in [0.1, 0.15) is 12.0 Å². The van der Waals surface area contributed by atoms with Crippen LogP contribution in [0, 0.1) is 0 Å². The van der Waals surface area contributed by atoms with Gasteiger partial charge in [-0.1, -0.05) is 0 Å². The summed E-state index contributed by atoms with van der Waals surface area (Å²) in [6.45, 7) is 1.13. The SMILES string of the molecule is Cn1nc(C(=O)N2CCC(c3nnc(-c4ccoc4)o3)CC2)ccc1=O. The van der Waals surface area contributed by atoms with Crippen molar-refractivity contribution in [2.75, 3.05) is 13.1 Å². The van der Waals surface area contributed by atoms with E-state index in [1.165, 1.54) is 19.2 Å². The van der Waals surface area contributed by atoms with Crippen molar-refractivity contribution < 1.29 is 13.6 Å². The number of aromatic nitrogens is 4. The number of furan rings is 1. The standard InChI is InChI=1S/C17H17N5O4/c1-21-14(23)3-2-13(20-21)17(24)22-7-4-11(5-8-22)15-18-19-16(26-15)12-6-9-25-10-12/h2-3,6,9-11H,4-5,7-8H2,1H3.